The average Bonchev–Trinajstić information content (AvgIpc) is 2.37. The van der Waals surface area contributed by atoms with Crippen LogP contribution in [0.1, 0.15) is 44.9 Å². The van der Waals surface area contributed by atoms with Crippen LogP contribution in [0.5, 0.6) is 0 Å². The molecule has 3 nitrogen and oxygen atoms in total. The quantitative estimate of drug-likeness (QED) is 0.727. The molecule has 0 aromatic heterocycles. The fourth-order valence-electron chi connectivity index (χ4n) is 2.57. The van der Waals surface area contributed by atoms with Crippen LogP contribution in [-0.2, 0) is 4.74 Å². The summed E-state index contributed by atoms with van der Waals surface area (Å²) >= 11 is 0. The van der Waals surface area contributed by atoms with Gasteiger partial charge in [0.2, 0.25) is 0 Å². The second-order valence-corrected chi connectivity index (χ2v) is 4.95. The Morgan fingerprint density at radius 1 is 1.19 bits per heavy atom. The zero-order chi connectivity index (χ0) is 11.1. The highest BCUT2D eigenvalue weighted by Gasteiger charge is 2.13. The third-order valence-corrected chi connectivity index (χ3v) is 3.60. The van der Waals surface area contributed by atoms with Gasteiger partial charge in [0.05, 0.1) is 0 Å². The van der Waals surface area contributed by atoms with Gasteiger partial charge in [-0.3, -0.25) is 4.99 Å². The first-order valence-corrected chi connectivity index (χ1v) is 6.80. The Bertz CT molecular complexity index is 222. The topological polar surface area (TPSA) is 33.6 Å². The van der Waals surface area contributed by atoms with E-state index in [0.717, 1.165) is 37.9 Å². The summed E-state index contributed by atoms with van der Waals surface area (Å²) in [6, 6.07) is 0. The minimum absolute atomic E-state index is 0.687. The van der Waals surface area contributed by atoms with Crippen LogP contribution in [0.2, 0.25) is 0 Å². The molecule has 0 aromatic rings. The number of ether oxygens (including phenoxy) is 1. The molecule has 1 fully saturated rings. The van der Waals surface area contributed by atoms with Gasteiger partial charge in [0.15, 0.2) is 0 Å². The van der Waals surface area contributed by atoms with Crippen molar-refractivity contribution in [1.82, 2.24) is 5.32 Å². The lowest BCUT2D eigenvalue weighted by Crippen LogP contribution is -2.33. The first-order chi connectivity index (χ1) is 7.95. The lowest BCUT2D eigenvalue weighted by Gasteiger charge is -2.21. The molecule has 0 unspecified atom stereocenters. The molecule has 1 aliphatic heterocycles. The van der Waals surface area contributed by atoms with Crippen LogP contribution < -0.4 is 5.32 Å². The largest absolute Gasteiger partial charge is 0.374 e. The number of amidine groups is 1. The molecule has 16 heavy (non-hydrogen) atoms. The molecular weight excluding hydrogens is 200 g/mol. The van der Waals surface area contributed by atoms with Crippen molar-refractivity contribution in [3.05, 3.63) is 0 Å². The third-order valence-electron chi connectivity index (χ3n) is 3.60. The zero-order valence-corrected chi connectivity index (χ0v) is 10.2. The van der Waals surface area contributed by atoms with Gasteiger partial charge in [0.1, 0.15) is 12.4 Å². The molecule has 0 spiro atoms. The van der Waals surface area contributed by atoms with E-state index in [0.29, 0.717) is 6.61 Å². The summed E-state index contributed by atoms with van der Waals surface area (Å²) in [5.74, 6) is 1.98. The van der Waals surface area contributed by atoms with Crippen LogP contribution in [-0.4, -0.2) is 32.1 Å². The smallest absolute Gasteiger partial charge is 0.123 e. The van der Waals surface area contributed by atoms with Crippen molar-refractivity contribution < 1.29 is 4.74 Å². The molecule has 2 aliphatic rings. The fraction of sp³-hybridized carbons (Fsp3) is 0.923. The van der Waals surface area contributed by atoms with Crippen molar-refractivity contribution in [3.8, 4) is 0 Å². The summed E-state index contributed by atoms with van der Waals surface area (Å²) < 4.78 is 5.68. The number of hydrogen-bond acceptors (Lipinski definition) is 3. The number of aliphatic imine (C=N–C) groups is 1. The van der Waals surface area contributed by atoms with Gasteiger partial charge >= 0.3 is 0 Å². The number of rotatable bonds is 5. The van der Waals surface area contributed by atoms with Crippen molar-refractivity contribution in [3.63, 3.8) is 0 Å². The van der Waals surface area contributed by atoms with Crippen molar-refractivity contribution in [1.29, 1.82) is 0 Å². The maximum absolute atomic E-state index is 5.68. The third kappa shape index (κ3) is 4.12. The van der Waals surface area contributed by atoms with Gasteiger partial charge in [-0.05, 0) is 18.8 Å². The summed E-state index contributed by atoms with van der Waals surface area (Å²) in [7, 11) is 0. The van der Waals surface area contributed by atoms with E-state index in [9.17, 15) is 0 Å². The predicted molar refractivity (Wildman–Crippen MR) is 66.9 cm³/mol. The van der Waals surface area contributed by atoms with Crippen LogP contribution in [0.4, 0.5) is 0 Å². The van der Waals surface area contributed by atoms with Crippen LogP contribution >= 0.6 is 0 Å². The highest BCUT2D eigenvalue weighted by Crippen LogP contribution is 2.25. The number of hydrogen-bond donors (Lipinski definition) is 1. The van der Waals surface area contributed by atoms with Gasteiger partial charge in [-0.2, -0.15) is 0 Å². The van der Waals surface area contributed by atoms with E-state index in [1.807, 2.05) is 0 Å². The molecule has 1 heterocycles. The summed E-state index contributed by atoms with van der Waals surface area (Å²) in [6.07, 6.45) is 9.54. The Kier molecular flexibility index (Phi) is 5.13. The lowest BCUT2D eigenvalue weighted by molar-refractivity contribution is 0.142. The standard InChI is InChI=1S/C13H24N2O/c1-2-5-12(6-3-1)7-10-16-11-13-14-8-4-9-15-13/h12H,1-11H2,(H,14,15). The Morgan fingerprint density at radius 2 is 2.06 bits per heavy atom. The van der Waals surface area contributed by atoms with E-state index in [-0.39, 0.29) is 0 Å². The van der Waals surface area contributed by atoms with Gasteiger partial charge in [0, 0.05) is 19.7 Å². The van der Waals surface area contributed by atoms with Crippen LogP contribution in [0.3, 0.4) is 0 Å². The fourth-order valence-corrected chi connectivity index (χ4v) is 2.57. The number of nitrogens with zero attached hydrogens (tertiary/aromatic N) is 1. The molecule has 0 radical (unpaired) electrons. The molecule has 1 N–H and O–H groups in total. The highest BCUT2D eigenvalue weighted by atomic mass is 16.5. The van der Waals surface area contributed by atoms with E-state index < -0.39 is 0 Å². The van der Waals surface area contributed by atoms with Gasteiger partial charge in [-0.1, -0.05) is 32.1 Å². The van der Waals surface area contributed by atoms with E-state index in [1.54, 1.807) is 0 Å². The first-order valence-electron chi connectivity index (χ1n) is 6.80. The summed E-state index contributed by atoms with van der Waals surface area (Å²) in [4.78, 5) is 4.39. The monoisotopic (exact) mass is 224 g/mol. The van der Waals surface area contributed by atoms with E-state index in [1.165, 1.54) is 38.5 Å². The Labute approximate surface area is 98.7 Å². The molecule has 2 rings (SSSR count). The van der Waals surface area contributed by atoms with Crippen molar-refractivity contribution in [2.45, 2.75) is 44.9 Å². The molecule has 92 valence electrons. The summed E-state index contributed by atoms with van der Waals surface area (Å²) in [6.45, 7) is 3.62. The maximum Gasteiger partial charge on any atom is 0.123 e. The van der Waals surface area contributed by atoms with E-state index in [2.05, 4.69) is 10.3 Å². The Morgan fingerprint density at radius 3 is 2.81 bits per heavy atom. The molecule has 1 saturated carbocycles. The van der Waals surface area contributed by atoms with Gasteiger partial charge in [-0.15, -0.1) is 0 Å². The molecule has 1 aliphatic carbocycles. The maximum atomic E-state index is 5.68. The molecule has 0 amide bonds. The number of nitrogens with one attached hydrogen (secondary N) is 1. The van der Waals surface area contributed by atoms with Crippen molar-refractivity contribution in [2.24, 2.45) is 10.9 Å². The lowest BCUT2D eigenvalue weighted by atomic mass is 9.87. The minimum atomic E-state index is 0.687. The summed E-state index contributed by atoms with van der Waals surface area (Å²) in [5, 5.41) is 3.28. The van der Waals surface area contributed by atoms with E-state index >= 15 is 0 Å². The van der Waals surface area contributed by atoms with Crippen LogP contribution in [0.15, 0.2) is 4.99 Å². The van der Waals surface area contributed by atoms with Gasteiger partial charge < -0.3 is 10.1 Å². The SMILES string of the molecule is C1CCC(CCOCC2=NCCCN2)CC1. The molecular formula is C13H24N2O. The highest BCUT2D eigenvalue weighted by molar-refractivity contribution is 5.83. The second-order valence-electron chi connectivity index (χ2n) is 4.95. The normalized spacial score (nSPS) is 22.6. The molecule has 0 bridgehead atoms. The zero-order valence-electron chi connectivity index (χ0n) is 10.2. The van der Waals surface area contributed by atoms with Gasteiger partial charge in [0.25, 0.3) is 0 Å². The van der Waals surface area contributed by atoms with Gasteiger partial charge in [-0.25, -0.2) is 0 Å². The second kappa shape index (κ2) is 6.89. The molecule has 3 heteroatoms. The average molecular weight is 224 g/mol. The van der Waals surface area contributed by atoms with Crippen LogP contribution in [0, 0.1) is 5.92 Å². The van der Waals surface area contributed by atoms with Crippen molar-refractivity contribution in [2.75, 3.05) is 26.3 Å². The molecule has 0 atom stereocenters. The molecule has 0 saturated heterocycles. The van der Waals surface area contributed by atoms with Crippen molar-refractivity contribution >= 4 is 5.84 Å². The van der Waals surface area contributed by atoms with Crippen LogP contribution in [0.25, 0.3) is 0 Å². The predicted octanol–water partition coefficient (Wildman–Crippen LogP) is 2.37. The van der Waals surface area contributed by atoms with E-state index in [4.69, 9.17) is 4.74 Å². The summed E-state index contributed by atoms with van der Waals surface area (Å²) in [5.41, 5.74) is 0. The Hall–Kier alpha value is -0.570. The Balaban J connectivity index is 1.52. The molecule has 0 aromatic carbocycles. The first kappa shape index (κ1) is 11.9. The minimum Gasteiger partial charge on any atom is -0.374 e.